The summed E-state index contributed by atoms with van der Waals surface area (Å²) >= 11 is 1.62. The maximum Gasteiger partial charge on any atom is 0.269 e. The highest BCUT2D eigenvalue weighted by molar-refractivity contribution is 7.09. The van der Waals surface area contributed by atoms with Gasteiger partial charge in [0.25, 0.3) is 5.91 Å². The van der Waals surface area contributed by atoms with Crippen LogP contribution in [0.15, 0.2) is 23.7 Å². The van der Waals surface area contributed by atoms with Crippen LogP contribution in [0.2, 0.25) is 0 Å². The third kappa shape index (κ3) is 3.75. The predicted octanol–water partition coefficient (Wildman–Crippen LogP) is 1.86. The number of rotatable bonds is 5. The molecule has 2 aromatic heterocycles. The molecule has 0 aliphatic rings. The van der Waals surface area contributed by atoms with E-state index in [1.54, 1.807) is 23.6 Å². The number of hydrogen-bond donors (Lipinski definition) is 2. The van der Waals surface area contributed by atoms with E-state index in [0.717, 1.165) is 22.8 Å². The van der Waals surface area contributed by atoms with Gasteiger partial charge in [0.2, 0.25) is 0 Å². The quantitative estimate of drug-likeness (QED) is 0.874. The van der Waals surface area contributed by atoms with Crippen molar-refractivity contribution in [1.82, 2.24) is 15.3 Å². The van der Waals surface area contributed by atoms with Crippen LogP contribution in [0.4, 0.5) is 5.69 Å². The Kier molecular flexibility index (Phi) is 4.46. The minimum Gasteiger partial charge on any atom is -0.388 e. The van der Waals surface area contributed by atoms with E-state index in [2.05, 4.69) is 20.6 Å². The molecule has 0 bridgehead atoms. The van der Waals surface area contributed by atoms with Crippen LogP contribution < -0.4 is 10.6 Å². The summed E-state index contributed by atoms with van der Waals surface area (Å²) in [6.45, 7) is 2.53. The molecule has 2 heterocycles. The van der Waals surface area contributed by atoms with E-state index >= 15 is 0 Å². The van der Waals surface area contributed by atoms with Gasteiger partial charge in [-0.25, -0.2) is 4.98 Å². The molecule has 0 radical (unpaired) electrons. The Bertz CT molecular complexity index is 567. The number of amides is 1. The van der Waals surface area contributed by atoms with Crippen LogP contribution in [-0.2, 0) is 6.42 Å². The van der Waals surface area contributed by atoms with Gasteiger partial charge in [0, 0.05) is 43.0 Å². The van der Waals surface area contributed by atoms with Crippen LogP contribution in [0, 0.1) is 6.92 Å². The van der Waals surface area contributed by atoms with Gasteiger partial charge in [-0.3, -0.25) is 9.78 Å². The Hall–Kier alpha value is -1.95. The molecule has 100 valence electrons. The van der Waals surface area contributed by atoms with E-state index in [9.17, 15) is 4.79 Å². The van der Waals surface area contributed by atoms with Crippen LogP contribution in [0.25, 0.3) is 0 Å². The van der Waals surface area contributed by atoms with Crippen molar-refractivity contribution in [2.75, 3.05) is 18.9 Å². The maximum atomic E-state index is 11.9. The SMILES string of the molecule is CNc1ccnc(C(=O)NCCc2nc(C)cs2)c1. The maximum absolute atomic E-state index is 11.9. The molecule has 1 amide bonds. The van der Waals surface area contributed by atoms with E-state index in [4.69, 9.17) is 0 Å². The topological polar surface area (TPSA) is 66.9 Å². The average molecular weight is 276 g/mol. The van der Waals surface area contributed by atoms with Crippen LogP contribution >= 0.6 is 11.3 Å². The third-order valence-corrected chi connectivity index (χ3v) is 3.60. The smallest absolute Gasteiger partial charge is 0.269 e. The number of hydrogen-bond acceptors (Lipinski definition) is 5. The molecule has 0 aromatic carbocycles. The molecule has 0 aliphatic heterocycles. The summed E-state index contributed by atoms with van der Waals surface area (Å²) in [6, 6.07) is 3.54. The summed E-state index contributed by atoms with van der Waals surface area (Å²) < 4.78 is 0. The Labute approximate surface area is 116 Å². The monoisotopic (exact) mass is 276 g/mol. The second-order valence-electron chi connectivity index (χ2n) is 4.07. The first-order valence-electron chi connectivity index (χ1n) is 6.02. The zero-order valence-corrected chi connectivity index (χ0v) is 11.8. The van der Waals surface area contributed by atoms with Gasteiger partial charge in [-0.05, 0) is 19.1 Å². The number of aryl methyl sites for hydroxylation is 1. The average Bonchev–Trinajstić information content (AvgIpc) is 2.84. The van der Waals surface area contributed by atoms with Crippen LogP contribution in [-0.4, -0.2) is 29.5 Å². The normalized spacial score (nSPS) is 10.2. The van der Waals surface area contributed by atoms with Crippen LogP contribution in [0.5, 0.6) is 0 Å². The molecule has 0 fully saturated rings. The third-order valence-electron chi connectivity index (χ3n) is 2.57. The Balaban J connectivity index is 1.87. The number of carbonyl (C=O) groups excluding carboxylic acids is 1. The van der Waals surface area contributed by atoms with Crippen molar-refractivity contribution in [3.63, 3.8) is 0 Å². The number of carbonyl (C=O) groups is 1. The molecular formula is C13H16N4OS. The van der Waals surface area contributed by atoms with Crippen molar-refractivity contribution in [3.05, 3.63) is 40.1 Å². The zero-order valence-electron chi connectivity index (χ0n) is 10.9. The van der Waals surface area contributed by atoms with Crippen molar-refractivity contribution < 1.29 is 4.79 Å². The summed E-state index contributed by atoms with van der Waals surface area (Å²) in [7, 11) is 1.81. The molecule has 2 rings (SSSR count). The number of aromatic nitrogens is 2. The summed E-state index contributed by atoms with van der Waals surface area (Å²) in [4.78, 5) is 20.3. The standard InChI is InChI=1S/C13H16N4OS/c1-9-8-19-12(17-9)4-6-16-13(18)11-7-10(14-2)3-5-15-11/h3,5,7-8H,4,6H2,1-2H3,(H,14,15)(H,16,18). The van der Waals surface area contributed by atoms with E-state index in [-0.39, 0.29) is 5.91 Å². The molecule has 0 spiro atoms. The number of pyridine rings is 1. The number of nitrogens with zero attached hydrogens (tertiary/aromatic N) is 2. The van der Waals surface area contributed by atoms with Crippen LogP contribution in [0.1, 0.15) is 21.2 Å². The molecule has 2 aromatic rings. The molecule has 0 atom stereocenters. The van der Waals surface area contributed by atoms with Gasteiger partial charge in [-0.2, -0.15) is 0 Å². The highest BCUT2D eigenvalue weighted by Gasteiger charge is 2.07. The first-order chi connectivity index (χ1) is 9.19. The summed E-state index contributed by atoms with van der Waals surface area (Å²) in [5.41, 5.74) is 2.31. The van der Waals surface area contributed by atoms with Crippen molar-refractivity contribution in [2.45, 2.75) is 13.3 Å². The lowest BCUT2D eigenvalue weighted by molar-refractivity contribution is 0.0949. The minimum atomic E-state index is -0.162. The van der Waals surface area contributed by atoms with Gasteiger partial charge in [0.05, 0.1) is 5.01 Å². The summed E-state index contributed by atoms with van der Waals surface area (Å²) in [5.74, 6) is -0.162. The van der Waals surface area contributed by atoms with E-state index in [0.29, 0.717) is 12.2 Å². The molecule has 0 unspecified atom stereocenters. The fraction of sp³-hybridized carbons (Fsp3) is 0.308. The van der Waals surface area contributed by atoms with E-state index < -0.39 is 0 Å². The molecule has 0 saturated carbocycles. The van der Waals surface area contributed by atoms with Gasteiger partial charge < -0.3 is 10.6 Å². The molecule has 6 heteroatoms. The number of thiazole rings is 1. The van der Waals surface area contributed by atoms with Crippen molar-refractivity contribution in [3.8, 4) is 0 Å². The summed E-state index contributed by atoms with van der Waals surface area (Å²) in [5, 5.41) is 8.87. The second kappa shape index (κ2) is 6.29. The zero-order chi connectivity index (χ0) is 13.7. The highest BCUT2D eigenvalue weighted by atomic mass is 32.1. The molecule has 5 nitrogen and oxygen atoms in total. The van der Waals surface area contributed by atoms with Gasteiger partial charge in [0.15, 0.2) is 0 Å². The number of anilines is 1. The molecular weight excluding hydrogens is 260 g/mol. The van der Waals surface area contributed by atoms with E-state index in [1.165, 1.54) is 0 Å². The predicted molar refractivity (Wildman–Crippen MR) is 76.7 cm³/mol. The lowest BCUT2D eigenvalue weighted by Gasteiger charge is -2.05. The Morgan fingerprint density at radius 3 is 3.00 bits per heavy atom. The van der Waals surface area contributed by atoms with E-state index in [1.807, 2.05) is 25.4 Å². The van der Waals surface area contributed by atoms with Gasteiger partial charge in [-0.1, -0.05) is 0 Å². The van der Waals surface area contributed by atoms with Crippen molar-refractivity contribution >= 4 is 22.9 Å². The summed E-state index contributed by atoms with van der Waals surface area (Å²) in [6.07, 6.45) is 2.36. The minimum absolute atomic E-state index is 0.162. The van der Waals surface area contributed by atoms with Crippen molar-refractivity contribution in [1.29, 1.82) is 0 Å². The number of nitrogens with one attached hydrogen (secondary N) is 2. The first kappa shape index (κ1) is 13.5. The lowest BCUT2D eigenvalue weighted by atomic mass is 10.3. The fourth-order valence-electron chi connectivity index (χ4n) is 1.60. The molecule has 0 saturated heterocycles. The Morgan fingerprint density at radius 1 is 1.47 bits per heavy atom. The highest BCUT2D eigenvalue weighted by Crippen LogP contribution is 2.09. The van der Waals surface area contributed by atoms with Gasteiger partial charge in [-0.15, -0.1) is 11.3 Å². The first-order valence-corrected chi connectivity index (χ1v) is 6.90. The van der Waals surface area contributed by atoms with Crippen molar-refractivity contribution in [2.24, 2.45) is 0 Å². The molecule has 19 heavy (non-hydrogen) atoms. The Morgan fingerprint density at radius 2 is 2.32 bits per heavy atom. The second-order valence-corrected chi connectivity index (χ2v) is 5.01. The van der Waals surface area contributed by atoms with Gasteiger partial charge >= 0.3 is 0 Å². The van der Waals surface area contributed by atoms with Gasteiger partial charge in [0.1, 0.15) is 5.69 Å². The lowest BCUT2D eigenvalue weighted by Crippen LogP contribution is -2.26. The largest absolute Gasteiger partial charge is 0.388 e. The molecule has 0 aliphatic carbocycles. The van der Waals surface area contributed by atoms with Crippen LogP contribution in [0.3, 0.4) is 0 Å². The molecule has 2 N–H and O–H groups in total. The fourth-order valence-corrected chi connectivity index (χ4v) is 2.38.